The lowest BCUT2D eigenvalue weighted by molar-refractivity contribution is -0.131. The standard InChI is InChI=1S/C25H29FN4O3/c26-20-8-6-19(7-9-20)17-29-13-11-21(12-14-29)27-23(31)16-22-24(32)30(25(33)28-22)15-10-18-4-2-1-3-5-18/h1-9,21-22H,10-17H2,(H,27,31)(H,28,33)/t22-/m1/s1. The minimum Gasteiger partial charge on any atom is -0.353 e. The van der Waals surface area contributed by atoms with Crippen molar-refractivity contribution < 1.29 is 18.8 Å². The number of nitrogens with one attached hydrogen (secondary N) is 2. The van der Waals surface area contributed by atoms with Gasteiger partial charge in [-0.25, -0.2) is 9.18 Å². The van der Waals surface area contributed by atoms with Gasteiger partial charge in [-0.3, -0.25) is 19.4 Å². The van der Waals surface area contributed by atoms with E-state index in [0.29, 0.717) is 13.0 Å². The molecule has 4 rings (SSSR count). The average Bonchev–Trinajstić information content (AvgIpc) is 3.08. The van der Waals surface area contributed by atoms with Crippen LogP contribution < -0.4 is 10.6 Å². The van der Waals surface area contributed by atoms with Gasteiger partial charge in [-0.1, -0.05) is 42.5 Å². The smallest absolute Gasteiger partial charge is 0.324 e. The van der Waals surface area contributed by atoms with Gasteiger partial charge in [-0.05, 0) is 42.5 Å². The number of rotatable bonds is 8. The van der Waals surface area contributed by atoms with Crippen LogP contribution in [0.25, 0.3) is 0 Å². The molecule has 174 valence electrons. The van der Waals surface area contributed by atoms with Crippen LogP contribution in [0.2, 0.25) is 0 Å². The highest BCUT2D eigenvalue weighted by Gasteiger charge is 2.39. The van der Waals surface area contributed by atoms with Crippen molar-refractivity contribution in [2.75, 3.05) is 19.6 Å². The number of piperidine rings is 1. The first kappa shape index (κ1) is 22.9. The Balaban J connectivity index is 1.19. The predicted octanol–water partition coefficient (Wildman–Crippen LogP) is 2.46. The van der Waals surface area contributed by atoms with Crippen molar-refractivity contribution in [1.29, 1.82) is 0 Å². The quantitative estimate of drug-likeness (QED) is 0.603. The molecular weight excluding hydrogens is 423 g/mol. The van der Waals surface area contributed by atoms with Crippen molar-refractivity contribution in [2.24, 2.45) is 0 Å². The van der Waals surface area contributed by atoms with Gasteiger partial charge in [0.05, 0.1) is 6.42 Å². The van der Waals surface area contributed by atoms with Crippen LogP contribution in [0.1, 0.15) is 30.4 Å². The number of carbonyl (C=O) groups is 3. The van der Waals surface area contributed by atoms with Crippen LogP contribution in [0.15, 0.2) is 54.6 Å². The number of benzene rings is 2. The lowest BCUT2D eigenvalue weighted by atomic mass is 10.0. The zero-order valence-electron chi connectivity index (χ0n) is 18.5. The fourth-order valence-corrected chi connectivity index (χ4v) is 4.37. The van der Waals surface area contributed by atoms with E-state index < -0.39 is 12.1 Å². The van der Waals surface area contributed by atoms with Gasteiger partial charge in [0, 0.05) is 32.2 Å². The topological polar surface area (TPSA) is 81.8 Å². The molecule has 33 heavy (non-hydrogen) atoms. The zero-order chi connectivity index (χ0) is 23.2. The molecule has 2 heterocycles. The van der Waals surface area contributed by atoms with Crippen LogP contribution >= 0.6 is 0 Å². The summed E-state index contributed by atoms with van der Waals surface area (Å²) in [6.45, 7) is 2.70. The lowest BCUT2D eigenvalue weighted by Gasteiger charge is -2.32. The van der Waals surface area contributed by atoms with Gasteiger partial charge in [-0.2, -0.15) is 0 Å². The van der Waals surface area contributed by atoms with Crippen molar-refractivity contribution in [3.05, 3.63) is 71.5 Å². The highest BCUT2D eigenvalue weighted by molar-refractivity contribution is 6.05. The van der Waals surface area contributed by atoms with E-state index in [0.717, 1.165) is 43.6 Å². The number of nitrogens with zero attached hydrogens (tertiary/aromatic N) is 2. The maximum Gasteiger partial charge on any atom is 0.324 e. The summed E-state index contributed by atoms with van der Waals surface area (Å²) in [6.07, 6.45) is 2.14. The molecule has 2 aromatic rings. The third-order valence-corrected chi connectivity index (χ3v) is 6.24. The fourth-order valence-electron chi connectivity index (χ4n) is 4.37. The molecule has 0 saturated carbocycles. The van der Waals surface area contributed by atoms with E-state index in [9.17, 15) is 18.8 Å². The van der Waals surface area contributed by atoms with Gasteiger partial charge < -0.3 is 10.6 Å². The summed E-state index contributed by atoms with van der Waals surface area (Å²) in [5.74, 6) is -0.813. The molecule has 2 aliphatic rings. The van der Waals surface area contributed by atoms with Crippen LogP contribution in [-0.4, -0.2) is 59.4 Å². The normalized spacial score (nSPS) is 19.5. The molecule has 0 spiro atoms. The van der Waals surface area contributed by atoms with E-state index in [1.807, 2.05) is 30.3 Å². The van der Waals surface area contributed by atoms with Gasteiger partial charge in [0.25, 0.3) is 5.91 Å². The van der Waals surface area contributed by atoms with Gasteiger partial charge >= 0.3 is 6.03 Å². The number of urea groups is 1. The highest BCUT2D eigenvalue weighted by Crippen LogP contribution is 2.16. The highest BCUT2D eigenvalue weighted by atomic mass is 19.1. The molecule has 7 nitrogen and oxygen atoms in total. The molecule has 2 fully saturated rings. The largest absolute Gasteiger partial charge is 0.353 e. The van der Waals surface area contributed by atoms with E-state index in [1.54, 1.807) is 12.1 Å². The number of halogens is 1. The molecule has 0 unspecified atom stereocenters. The van der Waals surface area contributed by atoms with Crippen LogP contribution in [0.4, 0.5) is 9.18 Å². The third kappa shape index (κ3) is 6.16. The summed E-state index contributed by atoms with van der Waals surface area (Å²) in [4.78, 5) is 40.9. The Hall–Kier alpha value is -3.26. The molecule has 0 aromatic heterocycles. The molecule has 1 atom stereocenters. The van der Waals surface area contributed by atoms with Gasteiger partial charge in [-0.15, -0.1) is 0 Å². The Bertz CT molecular complexity index is 975. The Morgan fingerprint density at radius 3 is 2.39 bits per heavy atom. The molecule has 4 amide bonds. The second-order valence-electron chi connectivity index (χ2n) is 8.68. The van der Waals surface area contributed by atoms with Crippen LogP contribution in [0.5, 0.6) is 0 Å². The SMILES string of the molecule is O=C(C[C@H]1NC(=O)N(CCc2ccccc2)C1=O)NC1CCN(Cc2ccc(F)cc2)CC1. The second kappa shape index (κ2) is 10.6. The number of amides is 4. The first-order valence-corrected chi connectivity index (χ1v) is 11.4. The number of imide groups is 1. The van der Waals surface area contributed by atoms with E-state index in [-0.39, 0.29) is 30.1 Å². The Morgan fingerprint density at radius 2 is 1.70 bits per heavy atom. The van der Waals surface area contributed by atoms with Crippen LogP contribution in [0, 0.1) is 5.82 Å². The number of likely N-dealkylation sites (tertiary alicyclic amines) is 1. The van der Waals surface area contributed by atoms with E-state index >= 15 is 0 Å². The summed E-state index contributed by atoms with van der Waals surface area (Å²) in [6, 6.07) is 15.0. The summed E-state index contributed by atoms with van der Waals surface area (Å²) in [5.41, 5.74) is 2.11. The number of hydrogen-bond donors (Lipinski definition) is 2. The molecule has 2 aliphatic heterocycles. The predicted molar refractivity (Wildman–Crippen MR) is 122 cm³/mol. The van der Waals surface area contributed by atoms with Gasteiger partial charge in [0.1, 0.15) is 11.9 Å². The van der Waals surface area contributed by atoms with E-state index in [4.69, 9.17) is 0 Å². The van der Waals surface area contributed by atoms with Crippen molar-refractivity contribution in [3.63, 3.8) is 0 Å². The summed E-state index contributed by atoms with van der Waals surface area (Å²) in [5, 5.41) is 5.65. The van der Waals surface area contributed by atoms with Crippen LogP contribution in [-0.2, 0) is 22.6 Å². The van der Waals surface area contributed by atoms with Crippen molar-refractivity contribution in [2.45, 2.75) is 44.3 Å². The average molecular weight is 453 g/mol. The van der Waals surface area contributed by atoms with Crippen molar-refractivity contribution >= 4 is 17.8 Å². The molecular formula is C25H29FN4O3. The molecule has 0 bridgehead atoms. The van der Waals surface area contributed by atoms with E-state index in [1.165, 1.54) is 17.0 Å². The third-order valence-electron chi connectivity index (χ3n) is 6.24. The van der Waals surface area contributed by atoms with Gasteiger partial charge in [0.2, 0.25) is 5.91 Å². The van der Waals surface area contributed by atoms with Crippen molar-refractivity contribution in [3.8, 4) is 0 Å². The molecule has 2 saturated heterocycles. The monoisotopic (exact) mass is 452 g/mol. The first-order chi connectivity index (χ1) is 16.0. The van der Waals surface area contributed by atoms with Gasteiger partial charge in [0.15, 0.2) is 0 Å². The maximum absolute atomic E-state index is 13.1. The number of carbonyl (C=O) groups excluding carboxylic acids is 3. The Morgan fingerprint density at radius 1 is 1.00 bits per heavy atom. The van der Waals surface area contributed by atoms with Crippen molar-refractivity contribution in [1.82, 2.24) is 20.4 Å². The fraction of sp³-hybridized carbons (Fsp3) is 0.400. The van der Waals surface area contributed by atoms with Crippen LogP contribution in [0.3, 0.4) is 0 Å². The molecule has 0 radical (unpaired) electrons. The number of hydrogen-bond acceptors (Lipinski definition) is 4. The maximum atomic E-state index is 13.1. The summed E-state index contributed by atoms with van der Waals surface area (Å²) >= 11 is 0. The Labute approximate surface area is 192 Å². The summed E-state index contributed by atoms with van der Waals surface area (Å²) < 4.78 is 13.1. The molecule has 0 aliphatic carbocycles. The Kier molecular flexibility index (Phi) is 7.34. The zero-order valence-corrected chi connectivity index (χ0v) is 18.5. The minimum absolute atomic E-state index is 0.0448. The minimum atomic E-state index is -0.813. The molecule has 2 aromatic carbocycles. The molecule has 8 heteroatoms. The second-order valence-corrected chi connectivity index (χ2v) is 8.68. The molecule has 2 N–H and O–H groups in total. The lowest BCUT2D eigenvalue weighted by Crippen LogP contribution is -2.46. The van der Waals surface area contributed by atoms with E-state index in [2.05, 4.69) is 15.5 Å². The first-order valence-electron chi connectivity index (χ1n) is 11.4. The summed E-state index contributed by atoms with van der Waals surface area (Å²) in [7, 11) is 0.